The summed E-state index contributed by atoms with van der Waals surface area (Å²) < 4.78 is 1.94. The standard InChI is InChI=1S/C12H13N3OS/c16-12-6-9(8-17)7-15(12)11-3-1-2-10-13-4-5-14(10)11/h1-5,9,17H,6-8H2. The molecule has 0 saturated carbocycles. The number of rotatable bonds is 2. The van der Waals surface area contributed by atoms with Gasteiger partial charge in [-0.3, -0.25) is 14.1 Å². The predicted molar refractivity (Wildman–Crippen MR) is 69.5 cm³/mol. The molecule has 2 aromatic rings. The smallest absolute Gasteiger partial charge is 0.228 e. The fourth-order valence-electron chi connectivity index (χ4n) is 2.28. The Morgan fingerprint density at radius 2 is 2.35 bits per heavy atom. The first-order chi connectivity index (χ1) is 8.29. The van der Waals surface area contributed by atoms with Crippen LogP contribution in [0.25, 0.3) is 5.65 Å². The lowest BCUT2D eigenvalue weighted by Gasteiger charge is -2.17. The number of fused-ring (bicyclic) bond motifs is 1. The van der Waals surface area contributed by atoms with E-state index in [1.54, 1.807) is 6.20 Å². The Morgan fingerprint density at radius 1 is 1.47 bits per heavy atom. The van der Waals surface area contributed by atoms with Gasteiger partial charge in [0, 0.05) is 25.4 Å². The van der Waals surface area contributed by atoms with E-state index in [1.165, 1.54) is 0 Å². The molecule has 88 valence electrons. The van der Waals surface area contributed by atoms with E-state index in [0.29, 0.717) is 12.3 Å². The van der Waals surface area contributed by atoms with Gasteiger partial charge in [-0.15, -0.1) is 0 Å². The van der Waals surface area contributed by atoms with Crippen molar-refractivity contribution in [2.45, 2.75) is 6.42 Å². The van der Waals surface area contributed by atoms with Crippen molar-refractivity contribution < 1.29 is 4.79 Å². The maximum Gasteiger partial charge on any atom is 0.228 e. The molecule has 1 aliphatic rings. The minimum atomic E-state index is 0.172. The Labute approximate surface area is 105 Å². The molecule has 0 spiro atoms. The average molecular weight is 247 g/mol. The van der Waals surface area contributed by atoms with E-state index in [9.17, 15) is 4.79 Å². The fraction of sp³-hybridized carbons (Fsp3) is 0.333. The molecular weight excluding hydrogens is 234 g/mol. The van der Waals surface area contributed by atoms with E-state index in [2.05, 4.69) is 17.6 Å². The van der Waals surface area contributed by atoms with E-state index in [4.69, 9.17) is 0 Å². The van der Waals surface area contributed by atoms with Crippen LogP contribution in [-0.2, 0) is 4.79 Å². The summed E-state index contributed by atoms with van der Waals surface area (Å²) in [5.41, 5.74) is 0.865. The van der Waals surface area contributed by atoms with Crippen LogP contribution in [0, 0.1) is 5.92 Å². The highest BCUT2D eigenvalue weighted by molar-refractivity contribution is 7.80. The quantitative estimate of drug-likeness (QED) is 0.819. The van der Waals surface area contributed by atoms with Gasteiger partial charge in [-0.1, -0.05) is 6.07 Å². The third-order valence-corrected chi connectivity index (χ3v) is 3.66. The van der Waals surface area contributed by atoms with Crippen LogP contribution in [0.2, 0.25) is 0 Å². The Morgan fingerprint density at radius 3 is 3.12 bits per heavy atom. The summed E-state index contributed by atoms with van der Waals surface area (Å²) in [6.07, 6.45) is 4.22. The van der Waals surface area contributed by atoms with E-state index < -0.39 is 0 Å². The minimum absolute atomic E-state index is 0.172. The second kappa shape index (κ2) is 4.07. The second-order valence-corrected chi connectivity index (χ2v) is 4.66. The van der Waals surface area contributed by atoms with Crippen LogP contribution in [0.3, 0.4) is 0 Å². The maximum absolute atomic E-state index is 12.0. The Balaban J connectivity index is 2.04. The molecule has 17 heavy (non-hydrogen) atoms. The third kappa shape index (κ3) is 1.70. The molecule has 0 aromatic carbocycles. The molecule has 5 heteroatoms. The number of aromatic nitrogens is 2. The molecule has 0 radical (unpaired) electrons. The number of thiol groups is 1. The van der Waals surface area contributed by atoms with E-state index in [-0.39, 0.29) is 5.91 Å². The highest BCUT2D eigenvalue weighted by Gasteiger charge is 2.30. The predicted octanol–water partition coefficient (Wildman–Crippen LogP) is 1.62. The first-order valence-electron chi connectivity index (χ1n) is 5.63. The van der Waals surface area contributed by atoms with Crippen LogP contribution in [0.5, 0.6) is 0 Å². The second-order valence-electron chi connectivity index (χ2n) is 4.30. The molecule has 0 N–H and O–H groups in total. The van der Waals surface area contributed by atoms with Crippen LogP contribution >= 0.6 is 12.6 Å². The lowest BCUT2D eigenvalue weighted by atomic mass is 10.1. The summed E-state index contributed by atoms with van der Waals surface area (Å²) in [7, 11) is 0. The van der Waals surface area contributed by atoms with Crippen molar-refractivity contribution in [1.82, 2.24) is 9.38 Å². The fourth-order valence-corrected chi connectivity index (χ4v) is 2.52. The number of pyridine rings is 1. The summed E-state index contributed by atoms with van der Waals surface area (Å²) in [6.45, 7) is 0.750. The zero-order valence-corrected chi connectivity index (χ0v) is 10.2. The normalized spacial score (nSPS) is 20.4. The van der Waals surface area contributed by atoms with Crippen LogP contribution in [0.1, 0.15) is 6.42 Å². The Hall–Kier alpha value is -1.49. The van der Waals surface area contributed by atoms with Crippen LogP contribution in [0.15, 0.2) is 30.6 Å². The number of carbonyl (C=O) groups excluding carboxylic acids is 1. The van der Waals surface area contributed by atoms with E-state index in [1.807, 2.05) is 33.7 Å². The Kier molecular flexibility index (Phi) is 2.55. The summed E-state index contributed by atoms with van der Waals surface area (Å²) >= 11 is 4.27. The number of hydrogen-bond donors (Lipinski definition) is 1. The molecule has 1 aliphatic heterocycles. The van der Waals surface area contributed by atoms with Gasteiger partial charge in [0.2, 0.25) is 5.91 Å². The van der Waals surface area contributed by atoms with Crippen molar-refractivity contribution in [3.8, 4) is 0 Å². The largest absolute Gasteiger partial charge is 0.298 e. The van der Waals surface area contributed by atoms with Gasteiger partial charge in [-0.05, 0) is 23.8 Å². The molecule has 1 fully saturated rings. The first-order valence-corrected chi connectivity index (χ1v) is 6.26. The number of anilines is 1. The van der Waals surface area contributed by atoms with Gasteiger partial charge in [0.25, 0.3) is 0 Å². The van der Waals surface area contributed by atoms with Crippen molar-refractivity contribution in [3.05, 3.63) is 30.6 Å². The summed E-state index contributed by atoms with van der Waals surface area (Å²) in [6, 6.07) is 5.81. The van der Waals surface area contributed by atoms with E-state index in [0.717, 1.165) is 23.8 Å². The first kappa shape index (κ1) is 10.7. The highest BCUT2D eigenvalue weighted by Crippen LogP contribution is 2.26. The minimum Gasteiger partial charge on any atom is -0.298 e. The van der Waals surface area contributed by atoms with Gasteiger partial charge in [0.1, 0.15) is 11.5 Å². The Bertz CT molecular complexity index is 566. The van der Waals surface area contributed by atoms with Crippen molar-refractivity contribution in [1.29, 1.82) is 0 Å². The van der Waals surface area contributed by atoms with Gasteiger partial charge < -0.3 is 0 Å². The van der Waals surface area contributed by atoms with Crippen LogP contribution < -0.4 is 4.90 Å². The topological polar surface area (TPSA) is 37.6 Å². The highest BCUT2D eigenvalue weighted by atomic mass is 32.1. The van der Waals surface area contributed by atoms with Crippen molar-refractivity contribution >= 4 is 30.0 Å². The lowest BCUT2D eigenvalue weighted by Crippen LogP contribution is -2.26. The number of carbonyl (C=O) groups is 1. The number of imidazole rings is 1. The molecule has 1 atom stereocenters. The average Bonchev–Trinajstić information content (AvgIpc) is 2.94. The van der Waals surface area contributed by atoms with Crippen LogP contribution in [-0.4, -0.2) is 27.6 Å². The molecule has 4 nitrogen and oxygen atoms in total. The van der Waals surface area contributed by atoms with Gasteiger partial charge in [0.15, 0.2) is 0 Å². The SMILES string of the molecule is O=C1CC(CS)CN1c1cccc2nccn12. The zero-order chi connectivity index (χ0) is 11.8. The van der Waals surface area contributed by atoms with Crippen molar-refractivity contribution in [3.63, 3.8) is 0 Å². The van der Waals surface area contributed by atoms with Gasteiger partial charge >= 0.3 is 0 Å². The van der Waals surface area contributed by atoms with Crippen molar-refractivity contribution in [2.24, 2.45) is 5.92 Å². The molecule has 1 unspecified atom stereocenters. The monoisotopic (exact) mass is 247 g/mol. The molecule has 1 saturated heterocycles. The summed E-state index contributed by atoms with van der Waals surface area (Å²) in [5, 5.41) is 0. The molecule has 3 heterocycles. The zero-order valence-electron chi connectivity index (χ0n) is 9.28. The molecule has 0 bridgehead atoms. The van der Waals surface area contributed by atoms with Gasteiger partial charge in [0.05, 0.1) is 0 Å². The number of hydrogen-bond acceptors (Lipinski definition) is 3. The van der Waals surface area contributed by atoms with Crippen LogP contribution in [0.4, 0.5) is 5.82 Å². The summed E-state index contributed by atoms with van der Waals surface area (Å²) in [5.74, 6) is 2.17. The molecule has 2 aromatic heterocycles. The summed E-state index contributed by atoms with van der Waals surface area (Å²) in [4.78, 5) is 18.0. The van der Waals surface area contributed by atoms with Gasteiger partial charge in [-0.25, -0.2) is 4.98 Å². The molecular formula is C12H13N3OS. The third-order valence-electron chi connectivity index (χ3n) is 3.15. The lowest BCUT2D eigenvalue weighted by molar-refractivity contribution is -0.117. The number of nitrogens with zero attached hydrogens (tertiary/aromatic N) is 3. The number of amides is 1. The maximum atomic E-state index is 12.0. The molecule has 0 aliphatic carbocycles. The van der Waals surface area contributed by atoms with Gasteiger partial charge in [-0.2, -0.15) is 12.6 Å². The molecule has 3 rings (SSSR count). The molecule has 1 amide bonds. The van der Waals surface area contributed by atoms with Crippen molar-refractivity contribution in [2.75, 3.05) is 17.2 Å². The van der Waals surface area contributed by atoms with E-state index >= 15 is 0 Å².